The summed E-state index contributed by atoms with van der Waals surface area (Å²) >= 11 is 0. The van der Waals surface area contributed by atoms with E-state index in [1.807, 2.05) is 54.3 Å². The largest absolute Gasteiger partial charge is 0.309 e. The number of hydrogen-bond acceptors (Lipinski definition) is 2. The van der Waals surface area contributed by atoms with Gasteiger partial charge in [-0.2, -0.15) is 5.10 Å². The van der Waals surface area contributed by atoms with Crippen molar-refractivity contribution in [3.63, 3.8) is 0 Å². The van der Waals surface area contributed by atoms with E-state index >= 15 is 0 Å². The van der Waals surface area contributed by atoms with E-state index in [9.17, 15) is 0 Å². The molecule has 0 saturated heterocycles. The third-order valence-corrected chi connectivity index (χ3v) is 7.12. The number of allylic oxidation sites excluding steroid dienone is 1. The maximum Gasteiger partial charge on any atom is 0.137 e. The average Bonchev–Trinajstić information content (AvgIpc) is 3.68. The smallest absolute Gasteiger partial charge is 0.137 e. The molecule has 0 atom stereocenters. The van der Waals surface area contributed by atoms with Gasteiger partial charge >= 0.3 is 0 Å². The van der Waals surface area contributed by atoms with Gasteiger partial charge in [0.2, 0.25) is 0 Å². The minimum absolute atomic E-state index is 0.864. The molecule has 0 unspecified atom stereocenters. The number of para-hydroxylation sites is 1. The van der Waals surface area contributed by atoms with Crippen LogP contribution in [0.2, 0.25) is 0 Å². The summed E-state index contributed by atoms with van der Waals surface area (Å²) in [4.78, 5) is 4.69. The van der Waals surface area contributed by atoms with E-state index in [0.717, 1.165) is 50.4 Å². The van der Waals surface area contributed by atoms with Crippen LogP contribution in [0.25, 0.3) is 62.1 Å². The molecule has 5 heteroatoms. The molecule has 3 aromatic carbocycles. The highest BCUT2D eigenvalue weighted by Crippen LogP contribution is 2.36. The van der Waals surface area contributed by atoms with Crippen molar-refractivity contribution in [1.82, 2.24) is 23.9 Å². The predicted molar refractivity (Wildman–Crippen MR) is 157 cm³/mol. The lowest BCUT2D eigenvalue weighted by Crippen LogP contribution is -2.00. The molecule has 0 saturated carbocycles. The van der Waals surface area contributed by atoms with Crippen LogP contribution >= 0.6 is 0 Å². The molecule has 0 amide bonds. The SMILES string of the molecule is C=Cc1c(/C=C\C)c2ccc(-n3c4ccccc4c4ccc(-n5cccn5)cc43)cc2n1-c1ccccn1. The van der Waals surface area contributed by atoms with Crippen molar-refractivity contribution in [1.29, 1.82) is 0 Å². The van der Waals surface area contributed by atoms with E-state index in [1.165, 1.54) is 10.8 Å². The second-order valence-corrected chi connectivity index (χ2v) is 9.23. The first kappa shape index (κ1) is 22.1. The summed E-state index contributed by atoms with van der Waals surface area (Å²) in [6.45, 7) is 6.19. The number of aromatic nitrogens is 5. The third kappa shape index (κ3) is 3.26. The van der Waals surface area contributed by atoms with Crippen molar-refractivity contribution in [2.75, 3.05) is 0 Å². The van der Waals surface area contributed by atoms with Gasteiger partial charge in [0.05, 0.1) is 27.9 Å². The first-order chi connectivity index (χ1) is 18.8. The van der Waals surface area contributed by atoms with Crippen molar-refractivity contribution in [2.24, 2.45) is 0 Å². The lowest BCUT2D eigenvalue weighted by atomic mass is 10.1. The molecule has 0 aliphatic carbocycles. The van der Waals surface area contributed by atoms with Crippen LogP contribution in [0.15, 0.2) is 116 Å². The standard InChI is InChI=1S/C33H25N5/c1-3-10-25-27-17-15-24(22-32(27)38(29(25)4-2)33-13-7-8-18-34-33)37-30-12-6-5-11-26(30)28-16-14-23(21-31(28)37)36-20-9-19-35-36/h3-22H,2H2,1H3/b10-3-. The van der Waals surface area contributed by atoms with Gasteiger partial charge in [0.15, 0.2) is 0 Å². The Labute approximate surface area is 220 Å². The van der Waals surface area contributed by atoms with E-state index in [-0.39, 0.29) is 0 Å². The molecule has 5 nitrogen and oxygen atoms in total. The number of pyridine rings is 1. The zero-order valence-electron chi connectivity index (χ0n) is 21.0. The molecular formula is C33H25N5. The molecule has 0 fully saturated rings. The summed E-state index contributed by atoms with van der Waals surface area (Å²) in [6, 6.07) is 29.7. The highest BCUT2D eigenvalue weighted by molar-refractivity contribution is 6.10. The second-order valence-electron chi connectivity index (χ2n) is 9.23. The first-order valence-electron chi connectivity index (χ1n) is 12.7. The van der Waals surface area contributed by atoms with Gasteiger partial charge < -0.3 is 4.57 Å². The average molecular weight is 492 g/mol. The lowest BCUT2D eigenvalue weighted by Gasteiger charge is -2.11. The molecular weight excluding hydrogens is 466 g/mol. The Balaban J connectivity index is 1.57. The highest BCUT2D eigenvalue weighted by atomic mass is 15.3. The molecule has 0 spiro atoms. The lowest BCUT2D eigenvalue weighted by molar-refractivity contribution is 0.881. The maximum atomic E-state index is 4.69. The molecule has 0 aliphatic rings. The molecule has 0 radical (unpaired) electrons. The Morgan fingerprint density at radius 2 is 1.47 bits per heavy atom. The fraction of sp³-hybridized carbons (Fsp3) is 0.0303. The van der Waals surface area contributed by atoms with Crippen LogP contribution in [0, 0.1) is 0 Å². The zero-order chi connectivity index (χ0) is 25.6. The molecule has 0 bridgehead atoms. The fourth-order valence-corrected chi connectivity index (χ4v) is 5.54. The Morgan fingerprint density at radius 3 is 2.26 bits per heavy atom. The van der Waals surface area contributed by atoms with E-state index in [1.54, 1.807) is 6.20 Å². The fourth-order valence-electron chi connectivity index (χ4n) is 5.54. The summed E-state index contributed by atoms with van der Waals surface area (Å²) in [5.74, 6) is 0.864. The van der Waals surface area contributed by atoms with E-state index in [0.29, 0.717) is 0 Å². The van der Waals surface area contributed by atoms with Crippen LogP contribution in [0.5, 0.6) is 0 Å². The minimum Gasteiger partial charge on any atom is -0.309 e. The normalized spacial score (nSPS) is 11.8. The van der Waals surface area contributed by atoms with Crippen LogP contribution < -0.4 is 0 Å². The van der Waals surface area contributed by atoms with Gasteiger partial charge in [0.1, 0.15) is 5.82 Å². The van der Waals surface area contributed by atoms with Crippen molar-refractivity contribution in [2.45, 2.75) is 6.92 Å². The van der Waals surface area contributed by atoms with E-state index in [2.05, 4.69) is 98.6 Å². The second kappa shape index (κ2) is 8.75. The topological polar surface area (TPSA) is 40.6 Å². The zero-order valence-corrected chi connectivity index (χ0v) is 21.0. The number of fused-ring (bicyclic) bond motifs is 4. The molecule has 38 heavy (non-hydrogen) atoms. The monoisotopic (exact) mass is 491 g/mol. The number of nitrogens with zero attached hydrogens (tertiary/aromatic N) is 5. The summed E-state index contributed by atoms with van der Waals surface area (Å²) in [6.07, 6.45) is 11.7. The number of benzene rings is 3. The highest BCUT2D eigenvalue weighted by Gasteiger charge is 2.18. The van der Waals surface area contributed by atoms with Crippen LogP contribution in [0.1, 0.15) is 18.2 Å². The Hall–Kier alpha value is -5.16. The molecule has 0 aliphatic heterocycles. The first-order valence-corrected chi connectivity index (χ1v) is 12.7. The van der Waals surface area contributed by atoms with Crippen LogP contribution in [-0.2, 0) is 0 Å². The van der Waals surface area contributed by atoms with Crippen LogP contribution in [0.4, 0.5) is 0 Å². The van der Waals surface area contributed by atoms with Gasteiger partial charge in [-0.3, -0.25) is 4.57 Å². The maximum absolute atomic E-state index is 4.69. The molecule has 182 valence electrons. The van der Waals surface area contributed by atoms with Gasteiger partial charge in [-0.25, -0.2) is 9.67 Å². The van der Waals surface area contributed by atoms with Crippen LogP contribution in [0.3, 0.4) is 0 Å². The van der Waals surface area contributed by atoms with Crippen molar-refractivity contribution >= 4 is 44.9 Å². The molecule has 4 aromatic heterocycles. The van der Waals surface area contributed by atoms with Crippen molar-refractivity contribution in [3.05, 3.63) is 127 Å². The van der Waals surface area contributed by atoms with E-state index < -0.39 is 0 Å². The summed E-state index contributed by atoms with van der Waals surface area (Å²) in [5, 5.41) is 8.04. The molecule has 7 rings (SSSR count). The quantitative estimate of drug-likeness (QED) is 0.245. The van der Waals surface area contributed by atoms with Gasteiger partial charge in [-0.15, -0.1) is 0 Å². The molecule has 0 N–H and O–H groups in total. The van der Waals surface area contributed by atoms with Crippen molar-refractivity contribution < 1.29 is 0 Å². The summed E-state index contributed by atoms with van der Waals surface area (Å²) in [5.41, 5.74) is 7.64. The van der Waals surface area contributed by atoms with Gasteiger partial charge in [-0.1, -0.05) is 55.1 Å². The van der Waals surface area contributed by atoms with Gasteiger partial charge in [-0.05, 0) is 61.5 Å². The summed E-state index contributed by atoms with van der Waals surface area (Å²) in [7, 11) is 0. The van der Waals surface area contributed by atoms with E-state index in [4.69, 9.17) is 0 Å². The third-order valence-electron chi connectivity index (χ3n) is 7.12. The molecule has 4 heterocycles. The molecule has 7 aromatic rings. The van der Waals surface area contributed by atoms with Gasteiger partial charge in [0, 0.05) is 46.0 Å². The number of rotatable bonds is 5. The Morgan fingerprint density at radius 1 is 0.711 bits per heavy atom. The summed E-state index contributed by atoms with van der Waals surface area (Å²) < 4.78 is 6.44. The minimum atomic E-state index is 0.864. The van der Waals surface area contributed by atoms with Crippen LogP contribution in [-0.4, -0.2) is 23.9 Å². The number of hydrogen-bond donors (Lipinski definition) is 0. The van der Waals surface area contributed by atoms with Crippen molar-refractivity contribution in [3.8, 4) is 17.2 Å². The Bertz CT molecular complexity index is 1990. The van der Waals surface area contributed by atoms with Gasteiger partial charge in [0.25, 0.3) is 0 Å². The predicted octanol–water partition coefficient (Wildman–Crippen LogP) is 7.98. The Kier molecular flexibility index (Phi) is 5.08.